The number of fused-ring (bicyclic) bond motifs is 1. The number of hydrogen-bond donors (Lipinski definition) is 1. The Balaban J connectivity index is 2.02. The van der Waals surface area contributed by atoms with Gasteiger partial charge in [-0.2, -0.15) is 0 Å². The summed E-state index contributed by atoms with van der Waals surface area (Å²) in [7, 11) is 0. The monoisotopic (exact) mass is 275 g/mol. The van der Waals surface area contributed by atoms with Gasteiger partial charge in [0.15, 0.2) is 0 Å². The third kappa shape index (κ3) is 2.01. The molecule has 1 aliphatic rings. The average Bonchev–Trinajstić information content (AvgIpc) is 2.64. The second-order valence-electron chi connectivity index (χ2n) is 5.42. The average molecular weight is 275 g/mol. The molecule has 20 heavy (non-hydrogen) atoms. The molecular formula is C16H15F2NO. The minimum atomic E-state index is -0.606. The summed E-state index contributed by atoms with van der Waals surface area (Å²) in [5, 5.41) is 2.95. The van der Waals surface area contributed by atoms with Crippen molar-refractivity contribution in [1.82, 2.24) is 0 Å². The predicted molar refractivity (Wildman–Crippen MR) is 73.9 cm³/mol. The summed E-state index contributed by atoms with van der Waals surface area (Å²) in [4.78, 5) is 0. The molecule has 0 saturated heterocycles. The first-order valence-corrected chi connectivity index (χ1v) is 6.47. The summed E-state index contributed by atoms with van der Waals surface area (Å²) in [6.07, 6.45) is 0. The van der Waals surface area contributed by atoms with E-state index in [0.717, 1.165) is 11.3 Å². The maximum atomic E-state index is 13.8. The Morgan fingerprint density at radius 1 is 1.00 bits per heavy atom. The van der Waals surface area contributed by atoms with Crippen LogP contribution in [0.25, 0.3) is 0 Å². The molecule has 104 valence electrons. The molecule has 0 fully saturated rings. The van der Waals surface area contributed by atoms with Crippen molar-refractivity contribution in [3.63, 3.8) is 0 Å². The normalized spacial score (nSPS) is 19.3. The number of hydrogen-bond acceptors (Lipinski definition) is 2. The SMILES string of the molecule is CC1(C)Oc2ccccc2C1Nc1c(F)cccc1F. The molecule has 0 aromatic heterocycles. The molecule has 0 spiro atoms. The lowest BCUT2D eigenvalue weighted by molar-refractivity contribution is 0.118. The topological polar surface area (TPSA) is 21.3 Å². The van der Waals surface area contributed by atoms with Gasteiger partial charge in [-0.15, -0.1) is 0 Å². The molecule has 0 saturated carbocycles. The van der Waals surface area contributed by atoms with Crippen molar-refractivity contribution in [1.29, 1.82) is 0 Å². The van der Waals surface area contributed by atoms with E-state index in [1.165, 1.54) is 18.2 Å². The number of halogens is 2. The van der Waals surface area contributed by atoms with Crippen LogP contribution in [0.2, 0.25) is 0 Å². The van der Waals surface area contributed by atoms with Gasteiger partial charge in [0.05, 0.1) is 6.04 Å². The van der Waals surface area contributed by atoms with Crippen LogP contribution in [0.1, 0.15) is 25.5 Å². The molecule has 2 aromatic carbocycles. The van der Waals surface area contributed by atoms with Crippen molar-refractivity contribution in [2.24, 2.45) is 0 Å². The van der Waals surface area contributed by atoms with Gasteiger partial charge >= 0.3 is 0 Å². The van der Waals surface area contributed by atoms with Gasteiger partial charge in [-0.1, -0.05) is 24.3 Å². The zero-order valence-corrected chi connectivity index (χ0v) is 11.3. The van der Waals surface area contributed by atoms with Crippen LogP contribution in [-0.2, 0) is 0 Å². The van der Waals surface area contributed by atoms with Gasteiger partial charge in [0.2, 0.25) is 0 Å². The van der Waals surface area contributed by atoms with Crippen LogP contribution in [0.4, 0.5) is 14.5 Å². The van der Waals surface area contributed by atoms with E-state index < -0.39 is 17.2 Å². The molecule has 1 atom stereocenters. The Morgan fingerprint density at radius 3 is 2.35 bits per heavy atom. The van der Waals surface area contributed by atoms with Crippen LogP contribution < -0.4 is 10.1 Å². The summed E-state index contributed by atoms with van der Waals surface area (Å²) in [6.45, 7) is 3.78. The van der Waals surface area contributed by atoms with E-state index in [0.29, 0.717) is 0 Å². The van der Waals surface area contributed by atoms with E-state index in [-0.39, 0.29) is 11.7 Å². The minimum absolute atomic E-state index is 0.120. The van der Waals surface area contributed by atoms with E-state index >= 15 is 0 Å². The van der Waals surface area contributed by atoms with Gasteiger partial charge in [-0.3, -0.25) is 0 Å². The van der Waals surface area contributed by atoms with Crippen LogP contribution in [0.5, 0.6) is 5.75 Å². The fraction of sp³-hybridized carbons (Fsp3) is 0.250. The molecule has 2 aromatic rings. The highest BCUT2D eigenvalue weighted by Crippen LogP contribution is 2.44. The standard InChI is InChI=1S/C16H15F2NO/c1-16(2)15(10-6-3-4-9-13(10)20-16)19-14-11(17)7-5-8-12(14)18/h3-9,15,19H,1-2H3. The van der Waals surface area contributed by atoms with Crippen LogP contribution in [-0.4, -0.2) is 5.60 Å². The Bertz CT molecular complexity index is 634. The Kier molecular flexibility index (Phi) is 2.89. The third-order valence-electron chi connectivity index (χ3n) is 3.55. The lowest BCUT2D eigenvalue weighted by atomic mass is 9.94. The first kappa shape index (κ1) is 12.9. The highest BCUT2D eigenvalue weighted by molar-refractivity contribution is 5.53. The van der Waals surface area contributed by atoms with E-state index in [4.69, 9.17) is 4.74 Å². The number of rotatable bonds is 2. The lowest BCUT2D eigenvalue weighted by Gasteiger charge is -2.28. The number of nitrogens with one attached hydrogen (secondary N) is 1. The molecule has 1 unspecified atom stereocenters. The lowest BCUT2D eigenvalue weighted by Crippen LogP contribution is -2.35. The Hall–Kier alpha value is -2.10. The first-order valence-electron chi connectivity index (χ1n) is 6.47. The van der Waals surface area contributed by atoms with Crippen LogP contribution in [0.15, 0.2) is 42.5 Å². The molecule has 3 rings (SSSR count). The number of anilines is 1. The van der Waals surface area contributed by atoms with Crippen molar-refractivity contribution in [3.8, 4) is 5.75 Å². The van der Waals surface area contributed by atoms with Crippen LogP contribution in [0, 0.1) is 11.6 Å². The fourth-order valence-corrected chi connectivity index (χ4v) is 2.56. The summed E-state index contributed by atoms with van der Waals surface area (Å²) < 4.78 is 33.4. The van der Waals surface area contributed by atoms with Crippen molar-refractivity contribution in [2.45, 2.75) is 25.5 Å². The van der Waals surface area contributed by atoms with E-state index in [2.05, 4.69) is 5.32 Å². The fourth-order valence-electron chi connectivity index (χ4n) is 2.56. The molecule has 1 N–H and O–H groups in total. The van der Waals surface area contributed by atoms with Crippen molar-refractivity contribution in [3.05, 3.63) is 59.7 Å². The summed E-state index contributed by atoms with van der Waals surface area (Å²) in [6, 6.07) is 11.0. The molecule has 0 bridgehead atoms. The van der Waals surface area contributed by atoms with Crippen LogP contribution >= 0.6 is 0 Å². The highest BCUT2D eigenvalue weighted by Gasteiger charge is 2.41. The molecule has 0 radical (unpaired) electrons. The van der Waals surface area contributed by atoms with Crippen molar-refractivity contribution < 1.29 is 13.5 Å². The largest absolute Gasteiger partial charge is 0.485 e. The quantitative estimate of drug-likeness (QED) is 0.882. The van der Waals surface area contributed by atoms with Gasteiger partial charge in [0.1, 0.15) is 28.7 Å². The molecule has 1 aliphatic heterocycles. The van der Waals surface area contributed by atoms with Crippen molar-refractivity contribution in [2.75, 3.05) is 5.32 Å². The van der Waals surface area contributed by atoms with E-state index in [9.17, 15) is 8.78 Å². The molecule has 0 amide bonds. The Labute approximate surface area is 116 Å². The molecule has 0 aliphatic carbocycles. The molecule has 2 nitrogen and oxygen atoms in total. The van der Waals surface area contributed by atoms with E-state index in [1.807, 2.05) is 38.1 Å². The second kappa shape index (κ2) is 4.47. The molecular weight excluding hydrogens is 260 g/mol. The van der Waals surface area contributed by atoms with Gasteiger partial charge < -0.3 is 10.1 Å². The first-order chi connectivity index (χ1) is 9.49. The zero-order chi connectivity index (χ0) is 14.3. The Morgan fingerprint density at radius 2 is 1.65 bits per heavy atom. The van der Waals surface area contributed by atoms with Gasteiger partial charge in [-0.25, -0.2) is 8.78 Å². The predicted octanol–water partition coefficient (Wildman–Crippen LogP) is 4.29. The third-order valence-corrected chi connectivity index (χ3v) is 3.55. The van der Waals surface area contributed by atoms with Gasteiger partial charge in [0, 0.05) is 5.56 Å². The maximum Gasteiger partial charge on any atom is 0.149 e. The minimum Gasteiger partial charge on any atom is -0.485 e. The van der Waals surface area contributed by atoms with Crippen molar-refractivity contribution >= 4 is 5.69 Å². The number of ether oxygens (including phenoxy) is 1. The summed E-state index contributed by atoms with van der Waals surface area (Å²) in [5.74, 6) is -0.470. The van der Waals surface area contributed by atoms with Gasteiger partial charge in [-0.05, 0) is 32.0 Å². The molecule has 4 heteroatoms. The molecule has 1 heterocycles. The number of para-hydroxylation sites is 2. The van der Waals surface area contributed by atoms with E-state index in [1.54, 1.807) is 0 Å². The number of benzene rings is 2. The van der Waals surface area contributed by atoms with Crippen LogP contribution in [0.3, 0.4) is 0 Å². The smallest absolute Gasteiger partial charge is 0.149 e. The zero-order valence-electron chi connectivity index (χ0n) is 11.3. The van der Waals surface area contributed by atoms with Gasteiger partial charge in [0.25, 0.3) is 0 Å². The summed E-state index contributed by atoms with van der Waals surface area (Å²) >= 11 is 0. The maximum absolute atomic E-state index is 13.8. The second-order valence-corrected chi connectivity index (χ2v) is 5.42. The summed E-state index contributed by atoms with van der Waals surface area (Å²) in [5.41, 5.74) is 0.198. The highest BCUT2D eigenvalue weighted by atomic mass is 19.1.